The van der Waals surface area contributed by atoms with Gasteiger partial charge in [-0.15, -0.1) is 0 Å². The molecular formula is C10H20N2. The Hall–Kier alpha value is -0.0800. The van der Waals surface area contributed by atoms with Gasteiger partial charge >= 0.3 is 0 Å². The molecule has 2 heteroatoms. The predicted molar refractivity (Wildman–Crippen MR) is 51.2 cm³/mol. The first-order valence-electron chi connectivity index (χ1n) is 5.29. The third-order valence-corrected chi connectivity index (χ3v) is 3.21. The van der Waals surface area contributed by atoms with Crippen LogP contribution in [0.15, 0.2) is 0 Å². The summed E-state index contributed by atoms with van der Waals surface area (Å²) in [5.74, 6) is 0.949. The molecule has 1 saturated heterocycles. The predicted octanol–water partition coefficient (Wildman–Crippen LogP) is 1.08. The highest BCUT2D eigenvalue weighted by Gasteiger charge is 2.31. The first kappa shape index (κ1) is 8.52. The van der Waals surface area contributed by atoms with Gasteiger partial charge in [-0.2, -0.15) is 0 Å². The van der Waals surface area contributed by atoms with Gasteiger partial charge < -0.3 is 10.2 Å². The third kappa shape index (κ3) is 1.99. The summed E-state index contributed by atoms with van der Waals surface area (Å²) in [6.07, 6.45) is 5.77. The van der Waals surface area contributed by atoms with Gasteiger partial charge in [0.05, 0.1) is 0 Å². The Labute approximate surface area is 75.3 Å². The summed E-state index contributed by atoms with van der Waals surface area (Å²) in [6, 6.07) is 0.987. The average Bonchev–Trinajstić information content (AvgIpc) is 2.89. The summed E-state index contributed by atoms with van der Waals surface area (Å²) in [4.78, 5) is 2.69. The molecule has 1 aliphatic carbocycles. The number of nitrogens with one attached hydrogen (secondary N) is 1. The molecule has 2 aliphatic rings. The Balaban J connectivity index is 1.69. The minimum Gasteiger partial charge on any atom is -0.319 e. The van der Waals surface area contributed by atoms with Gasteiger partial charge in [0.1, 0.15) is 0 Å². The van der Waals surface area contributed by atoms with Crippen molar-refractivity contribution >= 4 is 0 Å². The largest absolute Gasteiger partial charge is 0.319 e. The van der Waals surface area contributed by atoms with Crippen LogP contribution in [-0.2, 0) is 0 Å². The van der Waals surface area contributed by atoms with E-state index >= 15 is 0 Å². The van der Waals surface area contributed by atoms with Crippen molar-refractivity contribution in [2.45, 2.75) is 31.7 Å². The number of likely N-dealkylation sites (tertiary alicyclic amines) is 1. The van der Waals surface area contributed by atoms with Gasteiger partial charge in [0.25, 0.3) is 0 Å². The molecule has 0 amide bonds. The summed E-state index contributed by atoms with van der Waals surface area (Å²) < 4.78 is 0. The lowest BCUT2D eigenvalue weighted by Crippen LogP contribution is -2.37. The standard InChI is InChI=1S/C10H20N2/c1-11-8-9-4-6-12(7-5-9)10-2-3-10/h9-11H,2-8H2,1H3. The van der Waals surface area contributed by atoms with E-state index in [1.807, 2.05) is 0 Å². The number of hydrogen-bond acceptors (Lipinski definition) is 2. The maximum atomic E-state index is 3.28. The second-order valence-electron chi connectivity index (χ2n) is 4.27. The van der Waals surface area contributed by atoms with Gasteiger partial charge in [-0.1, -0.05) is 0 Å². The fraction of sp³-hybridized carbons (Fsp3) is 1.00. The van der Waals surface area contributed by atoms with Crippen molar-refractivity contribution < 1.29 is 0 Å². The molecule has 0 spiro atoms. The van der Waals surface area contributed by atoms with Crippen molar-refractivity contribution in [2.75, 3.05) is 26.7 Å². The van der Waals surface area contributed by atoms with Crippen LogP contribution in [0, 0.1) is 5.92 Å². The van der Waals surface area contributed by atoms with Gasteiger partial charge in [-0.3, -0.25) is 0 Å². The molecule has 0 bridgehead atoms. The van der Waals surface area contributed by atoms with Gasteiger partial charge in [0.2, 0.25) is 0 Å². The molecule has 1 aliphatic heterocycles. The summed E-state index contributed by atoms with van der Waals surface area (Å²) in [5, 5.41) is 3.28. The maximum Gasteiger partial charge on any atom is 0.00964 e. The molecule has 0 aromatic rings. The fourth-order valence-electron chi connectivity index (χ4n) is 2.25. The Kier molecular flexibility index (Phi) is 2.66. The highest BCUT2D eigenvalue weighted by atomic mass is 15.2. The summed E-state index contributed by atoms with van der Waals surface area (Å²) in [5.41, 5.74) is 0. The smallest absolute Gasteiger partial charge is 0.00964 e. The van der Waals surface area contributed by atoms with Crippen molar-refractivity contribution in [2.24, 2.45) is 5.92 Å². The molecule has 1 saturated carbocycles. The second kappa shape index (κ2) is 3.75. The van der Waals surface area contributed by atoms with E-state index in [1.165, 1.54) is 45.3 Å². The van der Waals surface area contributed by atoms with Crippen LogP contribution in [0.5, 0.6) is 0 Å². The molecule has 2 nitrogen and oxygen atoms in total. The quantitative estimate of drug-likeness (QED) is 0.678. The van der Waals surface area contributed by atoms with Crippen molar-refractivity contribution in [3.05, 3.63) is 0 Å². The molecule has 0 atom stereocenters. The van der Waals surface area contributed by atoms with Crippen molar-refractivity contribution in [1.29, 1.82) is 0 Å². The number of nitrogens with zero attached hydrogens (tertiary/aromatic N) is 1. The molecule has 70 valence electrons. The molecule has 0 aromatic carbocycles. The van der Waals surface area contributed by atoms with Crippen LogP contribution in [0.1, 0.15) is 25.7 Å². The Morgan fingerprint density at radius 2 is 1.83 bits per heavy atom. The van der Waals surface area contributed by atoms with Crippen LogP contribution in [-0.4, -0.2) is 37.6 Å². The minimum absolute atomic E-state index is 0.949. The lowest BCUT2D eigenvalue weighted by atomic mass is 9.97. The average molecular weight is 168 g/mol. The highest BCUT2D eigenvalue weighted by molar-refractivity contribution is 4.87. The zero-order valence-electron chi connectivity index (χ0n) is 8.05. The number of piperidine rings is 1. The first-order valence-corrected chi connectivity index (χ1v) is 5.29. The zero-order chi connectivity index (χ0) is 8.39. The van der Waals surface area contributed by atoms with E-state index in [0.717, 1.165) is 12.0 Å². The number of hydrogen-bond donors (Lipinski definition) is 1. The van der Waals surface area contributed by atoms with Gasteiger partial charge in [-0.25, -0.2) is 0 Å². The van der Waals surface area contributed by atoms with Crippen LogP contribution in [0.4, 0.5) is 0 Å². The van der Waals surface area contributed by atoms with Gasteiger partial charge in [0, 0.05) is 6.04 Å². The second-order valence-corrected chi connectivity index (χ2v) is 4.27. The zero-order valence-corrected chi connectivity index (χ0v) is 8.05. The monoisotopic (exact) mass is 168 g/mol. The normalized spacial score (nSPS) is 27.8. The van der Waals surface area contributed by atoms with Crippen molar-refractivity contribution in [1.82, 2.24) is 10.2 Å². The van der Waals surface area contributed by atoms with Gasteiger partial charge in [-0.05, 0) is 58.3 Å². The Morgan fingerprint density at radius 3 is 2.33 bits per heavy atom. The lowest BCUT2D eigenvalue weighted by Gasteiger charge is -2.31. The molecule has 2 rings (SSSR count). The highest BCUT2D eigenvalue weighted by Crippen LogP contribution is 2.30. The van der Waals surface area contributed by atoms with Crippen LogP contribution >= 0.6 is 0 Å². The van der Waals surface area contributed by atoms with Crippen LogP contribution in [0.2, 0.25) is 0 Å². The van der Waals surface area contributed by atoms with E-state index in [1.54, 1.807) is 0 Å². The molecule has 0 radical (unpaired) electrons. The lowest BCUT2D eigenvalue weighted by molar-refractivity contribution is 0.176. The molecule has 2 fully saturated rings. The van der Waals surface area contributed by atoms with E-state index in [0.29, 0.717) is 0 Å². The SMILES string of the molecule is CNCC1CCN(C2CC2)CC1. The van der Waals surface area contributed by atoms with E-state index in [-0.39, 0.29) is 0 Å². The van der Waals surface area contributed by atoms with Crippen molar-refractivity contribution in [3.8, 4) is 0 Å². The first-order chi connectivity index (χ1) is 5.90. The maximum absolute atomic E-state index is 3.28. The molecule has 0 unspecified atom stereocenters. The van der Waals surface area contributed by atoms with E-state index < -0.39 is 0 Å². The van der Waals surface area contributed by atoms with Gasteiger partial charge in [0.15, 0.2) is 0 Å². The van der Waals surface area contributed by atoms with Crippen LogP contribution in [0.3, 0.4) is 0 Å². The Bertz CT molecular complexity index is 135. The van der Waals surface area contributed by atoms with Crippen LogP contribution < -0.4 is 5.32 Å². The van der Waals surface area contributed by atoms with Crippen molar-refractivity contribution in [3.63, 3.8) is 0 Å². The summed E-state index contributed by atoms with van der Waals surface area (Å²) in [7, 11) is 2.06. The molecule has 0 aromatic heterocycles. The molecule has 12 heavy (non-hydrogen) atoms. The fourth-order valence-corrected chi connectivity index (χ4v) is 2.25. The minimum atomic E-state index is 0.949. The molecule has 1 N–H and O–H groups in total. The Morgan fingerprint density at radius 1 is 1.17 bits per heavy atom. The topological polar surface area (TPSA) is 15.3 Å². The van der Waals surface area contributed by atoms with Crippen LogP contribution in [0.25, 0.3) is 0 Å². The molecular weight excluding hydrogens is 148 g/mol. The van der Waals surface area contributed by atoms with E-state index in [4.69, 9.17) is 0 Å². The number of rotatable bonds is 3. The summed E-state index contributed by atoms with van der Waals surface area (Å²) in [6.45, 7) is 3.94. The third-order valence-electron chi connectivity index (χ3n) is 3.21. The van der Waals surface area contributed by atoms with E-state index in [2.05, 4.69) is 17.3 Å². The molecule has 1 heterocycles. The summed E-state index contributed by atoms with van der Waals surface area (Å²) >= 11 is 0. The van der Waals surface area contributed by atoms with E-state index in [9.17, 15) is 0 Å².